The van der Waals surface area contributed by atoms with Gasteiger partial charge in [-0.05, 0) is 210 Å². The van der Waals surface area contributed by atoms with Crippen LogP contribution in [-0.4, -0.2) is 112 Å². The molecule has 0 unspecified atom stereocenters. The predicted molar refractivity (Wildman–Crippen MR) is 439 cm³/mol. The van der Waals surface area contributed by atoms with Crippen LogP contribution in [0, 0.1) is 0 Å². The Morgan fingerprint density at radius 2 is 0.457 bits per heavy atom. The van der Waals surface area contributed by atoms with Gasteiger partial charge in [0.2, 0.25) is 0 Å². The maximum atomic E-state index is 13.9. The van der Waals surface area contributed by atoms with E-state index in [-0.39, 0.29) is 56.4 Å². The molecule has 0 heterocycles. The van der Waals surface area contributed by atoms with Gasteiger partial charge in [0.05, 0.1) is 86.2 Å². The van der Waals surface area contributed by atoms with Crippen LogP contribution in [0.4, 0.5) is 0 Å². The summed E-state index contributed by atoms with van der Waals surface area (Å²) in [5, 5.41) is 0. The second-order valence-electron chi connectivity index (χ2n) is 27.6. The van der Waals surface area contributed by atoms with Crippen molar-refractivity contribution < 1.29 is 105 Å². The number of carbonyl (C=O) groups is 10. The molecule has 0 atom stereocenters. The molecule has 0 saturated heterocycles. The van der Waals surface area contributed by atoms with Gasteiger partial charge in [0.1, 0.15) is 46.0 Å². The summed E-state index contributed by atoms with van der Waals surface area (Å²) < 4.78 is 67.7. The van der Waals surface area contributed by atoms with Crippen LogP contribution in [0.5, 0.6) is 46.0 Å². The molecule has 116 heavy (non-hydrogen) atoms. The molecule has 0 radical (unpaired) electrons. The molecule has 6 rings (SSSR count). The highest BCUT2D eigenvalue weighted by atomic mass is 16.6. The summed E-state index contributed by atoms with van der Waals surface area (Å²) in [4.78, 5) is 127. The van der Waals surface area contributed by atoms with Gasteiger partial charge in [0.15, 0.2) is 0 Å². The minimum Gasteiger partial charge on any atom is -0.494 e. The van der Waals surface area contributed by atoms with Crippen LogP contribution in [-0.2, 0) is 51.0 Å². The van der Waals surface area contributed by atoms with Gasteiger partial charge in [0, 0.05) is 24.3 Å². The molecule has 6 aromatic rings. The molecular weight excluding hydrogens is 1490 g/mol. The van der Waals surface area contributed by atoms with E-state index < -0.39 is 59.6 Å². The fourth-order valence-corrected chi connectivity index (χ4v) is 12.1. The maximum Gasteiger partial charge on any atom is 0.343 e. The average molecular weight is 1600 g/mol. The average Bonchev–Trinajstić information content (AvgIpc) is 0.805. The second-order valence-corrected chi connectivity index (χ2v) is 27.6. The predicted octanol–water partition coefficient (Wildman–Crippen LogP) is 17.9. The number of hydrogen-bond acceptors (Lipinski definition) is 22. The lowest BCUT2D eigenvalue weighted by atomic mass is 9.99. The molecule has 4 N–H and O–H groups in total. The van der Waals surface area contributed by atoms with Crippen molar-refractivity contribution in [1.29, 1.82) is 0 Å². The quantitative estimate of drug-likeness (QED) is 0.0118. The topological polar surface area (TPSA) is 333 Å². The van der Waals surface area contributed by atoms with Crippen molar-refractivity contribution in [3.8, 4) is 46.0 Å². The number of primary amides is 2. The first kappa shape index (κ1) is 93.0. The van der Waals surface area contributed by atoms with Crippen molar-refractivity contribution >= 4 is 59.6 Å². The van der Waals surface area contributed by atoms with Gasteiger partial charge in [-0.1, -0.05) is 142 Å². The third-order valence-corrected chi connectivity index (χ3v) is 18.5. The van der Waals surface area contributed by atoms with E-state index in [1.807, 2.05) is 0 Å². The van der Waals surface area contributed by atoms with Gasteiger partial charge in [-0.3, -0.25) is 9.59 Å². The minimum absolute atomic E-state index is 0.0135. The summed E-state index contributed by atoms with van der Waals surface area (Å²) in [5.41, 5.74) is 13.3. The molecule has 0 bridgehead atoms. The number of carbonyl (C=O) groups excluding carboxylic acids is 10. The number of esters is 8. The molecule has 0 aliphatic heterocycles. The van der Waals surface area contributed by atoms with Crippen molar-refractivity contribution in [2.24, 2.45) is 11.5 Å². The highest BCUT2D eigenvalue weighted by molar-refractivity contribution is 6.01. The third-order valence-electron chi connectivity index (χ3n) is 18.5. The molecule has 0 aliphatic carbocycles. The molecule has 6 aromatic carbocycles. The Bertz CT molecular complexity index is 3870. The van der Waals surface area contributed by atoms with E-state index in [9.17, 15) is 47.9 Å². The van der Waals surface area contributed by atoms with E-state index in [1.165, 1.54) is 12.1 Å². The summed E-state index contributed by atoms with van der Waals surface area (Å²) in [6.45, 7) is 16.8. The van der Waals surface area contributed by atoms with E-state index in [1.54, 1.807) is 109 Å². The second kappa shape index (κ2) is 54.8. The lowest BCUT2D eigenvalue weighted by Crippen LogP contribution is -2.18. The number of ether oxygens (including phenoxy) is 12. The Labute approximate surface area is 680 Å². The smallest absolute Gasteiger partial charge is 0.343 e. The molecule has 24 heteroatoms. The van der Waals surface area contributed by atoms with Crippen LogP contribution >= 0.6 is 0 Å². The van der Waals surface area contributed by atoms with Crippen LogP contribution < -0.4 is 49.4 Å². The largest absolute Gasteiger partial charge is 0.494 e. The molecule has 2 amide bonds. The number of benzene rings is 6. The van der Waals surface area contributed by atoms with Gasteiger partial charge in [-0.25, -0.2) is 38.4 Å². The lowest BCUT2D eigenvalue weighted by Gasteiger charge is -2.16. The summed E-state index contributed by atoms with van der Waals surface area (Å²) in [7, 11) is 0. The number of aryl methyl sites for hydroxylation is 2. The summed E-state index contributed by atoms with van der Waals surface area (Å²) in [6, 6.07) is 31.5. The van der Waals surface area contributed by atoms with Crippen molar-refractivity contribution in [3.63, 3.8) is 0 Å². The van der Waals surface area contributed by atoms with Crippen LogP contribution in [0.3, 0.4) is 0 Å². The minimum atomic E-state index is -0.917. The molecule has 0 fully saturated rings. The monoisotopic (exact) mass is 1600 g/mol. The molecular formula is C92H112N2O22. The third kappa shape index (κ3) is 36.5. The lowest BCUT2D eigenvalue weighted by molar-refractivity contribution is -0.138. The Kier molecular flexibility index (Phi) is 44.0. The zero-order valence-electron chi connectivity index (χ0n) is 66.7. The fraction of sp³-hybridized carbons (Fsp3) is 0.413. The van der Waals surface area contributed by atoms with E-state index in [4.69, 9.17) is 68.3 Å². The standard InChI is InChI=1S/C92H112N2O22/c1-5-81(95)109-59-33-23-13-19-29-55-105-73-47-39-67(40-48-73)89(101)113-77-63-71(85(79(65-77)87(93)99)115-91(103)69-43-51-75(52-44-69)107-57-31-21-15-25-35-61-111-83(97)7-3)37-27-17-11-9-10-12-18-28-38-72-64-78(114-90(102)68-41-49-74(50-42-68)106-56-30-20-14-24-34-60-110-82(96)6-2)66-80(88(94)100)86(72)116-92(104)70-45-53-76(54-46-70)108-58-32-22-16-26-36-62-112-84(98)8-4/h5-8,39-54,63-66H,1-4,9-38,55-62H2,(H2,93,99)(H2,94,100). The van der Waals surface area contributed by atoms with Gasteiger partial charge in [-0.2, -0.15) is 0 Å². The zero-order valence-corrected chi connectivity index (χ0v) is 66.7. The molecule has 622 valence electrons. The number of hydrogen-bond donors (Lipinski definition) is 2. The normalized spacial score (nSPS) is 10.7. The van der Waals surface area contributed by atoms with Crippen LogP contribution in [0.2, 0.25) is 0 Å². The van der Waals surface area contributed by atoms with Crippen molar-refractivity contribution in [1.82, 2.24) is 0 Å². The SMILES string of the molecule is C=CC(=O)OCCCCCCCOc1ccc(C(=O)Oc2cc(CCCCCCCCCCc3cc(OC(=O)c4ccc(OCCCCCCCOC(=O)C=C)cc4)cc(C(N)=O)c3OC(=O)c3ccc(OCCCCCCCOC(=O)C=C)cc3)c(OC(=O)c3ccc(OCCCCCCCOC(=O)C=C)cc3)c(C(N)=O)c2)cc1. The highest BCUT2D eigenvalue weighted by Crippen LogP contribution is 2.35. The highest BCUT2D eigenvalue weighted by Gasteiger charge is 2.25. The van der Waals surface area contributed by atoms with E-state index >= 15 is 0 Å². The molecule has 0 aliphatic rings. The van der Waals surface area contributed by atoms with Crippen molar-refractivity contribution in [3.05, 3.63) is 216 Å². The Hall–Kier alpha value is -11.8. The first-order chi connectivity index (χ1) is 56.4. The summed E-state index contributed by atoms with van der Waals surface area (Å²) in [6.07, 6.45) is 28.4. The summed E-state index contributed by atoms with van der Waals surface area (Å²) in [5.74, 6) is -4.40. The van der Waals surface area contributed by atoms with Gasteiger partial charge >= 0.3 is 47.8 Å². The molecule has 0 saturated carbocycles. The number of rotatable bonds is 61. The van der Waals surface area contributed by atoms with Crippen LogP contribution in [0.25, 0.3) is 0 Å². The van der Waals surface area contributed by atoms with E-state index in [0.717, 1.165) is 191 Å². The van der Waals surface area contributed by atoms with Crippen molar-refractivity contribution in [2.75, 3.05) is 52.9 Å². The first-order valence-corrected chi connectivity index (χ1v) is 40.3. The Balaban J connectivity index is 1.07. The Morgan fingerprint density at radius 1 is 0.250 bits per heavy atom. The van der Waals surface area contributed by atoms with E-state index in [2.05, 4.69) is 26.3 Å². The molecule has 0 aromatic heterocycles. The zero-order chi connectivity index (χ0) is 83.3. The van der Waals surface area contributed by atoms with Gasteiger partial charge < -0.3 is 68.3 Å². The number of nitrogens with two attached hydrogens (primary N) is 2. The number of amides is 2. The Morgan fingerprint density at radius 3 is 0.681 bits per heavy atom. The van der Waals surface area contributed by atoms with Gasteiger partial charge in [-0.15, -0.1) is 0 Å². The molecule has 0 spiro atoms. The molecule has 24 nitrogen and oxygen atoms in total. The van der Waals surface area contributed by atoms with Crippen molar-refractivity contribution in [2.45, 2.75) is 193 Å². The summed E-state index contributed by atoms with van der Waals surface area (Å²) >= 11 is 0. The fourth-order valence-electron chi connectivity index (χ4n) is 12.1. The maximum absolute atomic E-state index is 13.9. The number of unbranched alkanes of at least 4 members (excludes halogenated alkanes) is 23. The van der Waals surface area contributed by atoms with Crippen LogP contribution in [0.1, 0.15) is 253 Å². The van der Waals surface area contributed by atoms with Crippen LogP contribution in [0.15, 0.2) is 172 Å². The first-order valence-electron chi connectivity index (χ1n) is 40.3. The van der Waals surface area contributed by atoms with E-state index in [0.29, 0.717) is 113 Å². The van der Waals surface area contributed by atoms with Gasteiger partial charge in [0.25, 0.3) is 11.8 Å².